The summed E-state index contributed by atoms with van der Waals surface area (Å²) in [6.45, 7) is 9.80. The maximum absolute atomic E-state index is 6.08. The number of nitrogens with zero attached hydrogens (tertiary/aromatic N) is 1. The van der Waals surface area contributed by atoms with Crippen LogP contribution in [0.4, 0.5) is 0 Å². The van der Waals surface area contributed by atoms with Crippen LogP contribution < -0.4 is 9.47 Å². The smallest absolute Gasteiger partial charge is 0.125 e. The van der Waals surface area contributed by atoms with E-state index in [4.69, 9.17) is 37.5 Å². The second-order valence-corrected chi connectivity index (χ2v) is 7.88. The van der Waals surface area contributed by atoms with Gasteiger partial charge in [0.05, 0.1) is 12.3 Å². The lowest BCUT2D eigenvalue weighted by Crippen LogP contribution is -2.03. The normalized spacial score (nSPS) is 10.4. The van der Waals surface area contributed by atoms with E-state index in [0.29, 0.717) is 13.2 Å². The third kappa shape index (κ3) is 10.8. The first-order chi connectivity index (χ1) is 13.4. The summed E-state index contributed by atoms with van der Waals surface area (Å²) in [6.07, 6.45) is 8.10. The van der Waals surface area contributed by atoms with Gasteiger partial charge in [0.1, 0.15) is 29.2 Å². The summed E-state index contributed by atoms with van der Waals surface area (Å²) in [6, 6.07) is 4.02. The van der Waals surface area contributed by atoms with Crippen molar-refractivity contribution in [2.45, 2.75) is 66.2 Å². The van der Waals surface area contributed by atoms with E-state index in [9.17, 15) is 0 Å². The molecule has 4 nitrogen and oxygen atoms in total. The molecule has 0 aliphatic carbocycles. The highest BCUT2D eigenvalue weighted by Crippen LogP contribution is 2.30. The monoisotopic (exact) mass is 429 g/mol. The zero-order valence-electron chi connectivity index (χ0n) is 17.5. The Labute approximate surface area is 179 Å². The fraction of sp³-hybridized carbons (Fsp3) is 0.591. The molecular weight excluding hydrogens is 397 g/mol. The Morgan fingerprint density at radius 1 is 1.00 bits per heavy atom. The molecule has 0 saturated carbocycles. The zero-order chi connectivity index (χ0) is 20.8. The molecule has 0 aromatic heterocycles. The molecule has 0 fully saturated rings. The summed E-state index contributed by atoms with van der Waals surface area (Å²) in [5, 5.41) is 3.93. The van der Waals surface area contributed by atoms with Crippen molar-refractivity contribution in [2.75, 3.05) is 19.8 Å². The lowest BCUT2D eigenvalue weighted by molar-refractivity contribution is 0.139. The molecule has 6 heteroatoms. The van der Waals surface area contributed by atoms with Crippen LogP contribution in [-0.2, 0) is 11.3 Å². The van der Waals surface area contributed by atoms with Crippen LogP contribution in [0.25, 0.3) is 0 Å². The predicted octanol–water partition coefficient (Wildman–Crippen LogP) is 7.00. The molecule has 0 saturated heterocycles. The van der Waals surface area contributed by atoms with Crippen molar-refractivity contribution in [1.29, 1.82) is 0 Å². The first-order valence-corrected chi connectivity index (χ1v) is 10.7. The summed E-state index contributed by atoms with van der Waals surface area (Å²) < 4.78 is 12.0. The molecule has 0 N–H and O–H groups in total. The molecule has 0 heterocycles. The molecule has 0 spiro atoms. The number of rotatable bonds is 14. The number of oxime groups is 1. The van der Waals surface area contributed by atoms with Crippen molar-refractivity contribution in [3.05, 3.63) is 33.8 Å². The number of ether oxygens (including phenoxy) is 2. The van der Waals surface area contributed by atoms with Gasteiger partial charge in [-0.05, 0) is 75.8 Å². The lowest BCUT2D eigenvalue weighted by atomic mass is 10.1. The molecule has 0 unspecified atom stereocenters. The largest absolute Gasteiger partial charge is 0.493 e. The summed E-state index contributed by atoms with van der Waals surface area (Å²) in [5.41, 5.74) is 3.19. The maximum Gasteiger partial charge on any atom is 0.125 e. The quantitative estimate of drug-likeness (QED) is 0.181. The van der Waals surface area contributed by atoms with Crippen molar-refractivity contribution < 1.29 is 14.3 Å². The molecule has 1 rings (SSSR count). The van der Waals surface area contributed by atoms with Crippen LogP contribution in [0, 0.1) is 6.92 Å². The molecule has 0 amide bonds. The highest BCUT2D eigenvalue weighted by atomic mass is 35.5. The summed E-state index contributed by atoms with van der Waals surface area (Å²) in [7, 11) is 0. The minimum Gasteiger partial charge on any atom is -0.493 e. The van der Waals surface area contributed by atoms with E-state index in [1.54, 1.807) is 6.08 Å². The van der Waals surface area contributed by atoms with Crippen molar-refractivity contribution in [1.82, 2.24) is 0 Å². The highest BCUT2D eigenvalue weighted by molar-refractivity contribution is 6.55. The minimum atomic E-state index is 0.212. The summed E-state index contributed by atoms with van der Waals surface area (Å²) in [5.74, 6) is 1.78. The third-order valence-corrected chi connectivity index (χ3v) is 4.38. The fourth-order valence-electron chi connectivity index (χ4n) is 2.71. The van der Waals surface area contributed by atoms with Crippen LogP contribution in [0.2, 0.25) is 0 Å². The van der Waals surface area contributed by atoms with E-state index in [-0.39, 0.29) is 4.49 Å². The van der Waals surface area contributed by atoms with Crippen molar-refractivity contribution in [3.63, 3.8) is 0 Å². The van der Waals surface area contributed by atoms with E-state index in [0.717, 1.165) is 67.0 Å². The summed E-state index contributed by atoms with van der Waals surface area (Å²) in [4.78, 5) is 5.20. The SMILES string of the molecule is CCc1cc(OCC=C(Cl)Cl)cc(C)c1OCCCCCCCON=C(C)C. The number of aryl methyl sites for hydroxylation is 2. The Hall–Kier alpha value is -1.39. The van der Waals surface area contributed by atoms with Gasteiger partial charge in [0.2, 0.25) is 0 Å². The van der Waals surface area contributed by atoms with Gasteiger partial charge >= 0.3 is 0 Å². The molecular formula is C22H33Cl2NO3. The average molecular weight is 430 g/mol. The number of hydrogen-bond acceptors (Lipinski definition) is 4. The Bertz CT molecular complexity index is 637. The molecule has 0 radical (unpaired) electrons. The topological polar surface area (TPSA) is 40.0 Å². The second-order valence-electron chi connectivity index (χ2n) is 6.87. The van der Waals surface area contributed by atoms with E-state index in [1.807, 2.05) is 32.9 Å². The van der Waals surface area contributed by atoms with Gasteiger partial charge in [-0.3, -0.25) is 0 Å². The van der Waals surface area contributed by atoms with Crippen LogP contribution in [0.15, 0.2) is 27.9 Å². The van der Waals surface area contributed by atoms with Crippen LogP contribution >= 0.6 is 23.2 Å². The number of benzene rings is 1. The van der Waals surface area contributed by atoms with Crippen LogP contribution in [0.3, 0.4) is 0 Å². The molecule has 0 bridgehead atoms. The van der Waals surface area contributed by atoms with Gasteiger partial charge in [0, 0.05) is 0 Å². The average Bonchev–Trinajstić information content (AvgIpc) is 2.63. The second kappa shape index (κ2) is 14.6. The Morgan fingerprint density at radius 2 is 1.68 bits per heavy atom. The van der Waals surface area contributed by atoms with Gasteiger partial charge < -0.3 is 14.3 Å². The van der Waals surface area contributed by atoms with E-state index in [2.05, 4.69) is 12.1 Å². The molecule has 28 heavy (non-hydrogen) atoms. The Morgan fingerprint density at radius 3 is 2.32 bits per heavy atom. The number of halogens is 2. The van der Waals surface area contributed by atoms with Gasteiger partial charge in [0.25, 0.3) is 0 Å². The van der Waals surface area contributed by atoms with E-state index < -0.39 is 0 Å². The minimum absolute atomic E-state index is 0.212. The molecule has 0 atom stereocenters. The van der Waals surface area contributed by atoms with Crippen LogP contribution in [0.1, 0.15) is 64.0 Å². The van der Waals surface area contributed by atoms with Gasteiger partial charge in [-0.15, -0.1) is 0 Å². The molecule has 0 aliphatic rings. The van der Waals surface area contributed by atoms with Gasteiger partial charge in [-0.2, -0.15) is 0 Å². The fourth-order valence-corrected chi connectivity index (χ4v) is 2.84. The van der Waals surface area contributed by atoms with Crippen molar-refractivity contribution in [2.24, 2.45) is 5.16 Å². The first kappa shape index (κ1) is 24.6. The van der Waals surface area contributed by atoms with Crippen LogP contribution in [-0.4, -0.2) is 25.5 Å². The highest BCUT2D eigenvalue weighted by Gasteiger charge is 2.09. The lowest BCUT2D eigenvalue weighted by Gasteiger charge is -2.15. The van der Waals surface area contributed by atoms with Crippen LogP contribution in [0.5, 0.6) is 11.5 Å². The third-order valence-electron chi connectivity index (χ3n) is 4.07. The van der Waals surface area contributed by atoms with E-state index in [1.165, 1.54) is 6.42 Å². The Balaban J connectivity index is 2.33. The standard InChI is InChI=1S/C22H33Cl2NO3/c1-5-19-16-20(26-14-11-21(23)24)15-18(4)22(19)27-12-9-7-6-8-10-13-28-25-17(2)3/h11,15-16H,5-10,12-14H2,1-4H3. The summed E-state index contributed by atoms with van der Waals surface area (Å²) >= 11 is 11.2. The molecule has 158 valence electrons. The number of unbranched alkanes of at least 4 members (excludes halogenated alkanes) is 4. The van der Waals surface area contributed by atoms with Gasteiger partial charge in [-0.1, -0.05) is 48.1 Å². The zero-order valence-corrected chi connectivity index (χ0v) is 19.0. The van der Waals surface area contributed by atoms with E-state index >= 15 is 0 Å². The number of hydrogen-bond donors (Lipinski definition) is 0. The Kier molecular flexibility index (Phi) is 12.8. The molecule has 1 aromatic carbocycles. The van der Waals surface area contributed by atoms with Gasteiger partial charge in [0.15, 0.2) is 0 Å². The maximum atomic E-state index is 6.08. The van der Waals surface area contributed by atoms with Crippen molar-refractivity contribution >= 4 is 28.9 Å². The molecule has 1 aromatic rings. The van der Waals surface area contributed by atoms with Crippen molar-refractivity contribution in [3.8, 4) is 11.5 Å². The predicted molar refractivity (Wildman–Crippen MR) is 119 cm³/mol. The van der Waals surface area contributed by atoms with Gasteiger partial charge in [-0.25, -0.2) is 0 Å². The first-order valence-electron chi connectivity index (χ1n) is 9.97. The molecule has 0 aliphatic heterocycles.